The van der Waals surface area contributed by atoms with Gasteiger partial charge in [0.1, 0.15) is 11.4 Å². The molecule has 0 saturated heterocycles. The fourth-order valence-electron chi connectivity index (χ4n) is 1.08. The summed E-state index contributed by atoms with van der Waals surface area (Å²) in [7, 11) is 1.18. The zero-order valence-electron chi connectivity index (χ0n) is 8.34. The molecule has 0 atom stereocenters. The minimum absolute atomic E-state index is 0.00511. The van der Waals surface area contributed by atoms with Crippen LogP contribution >= 0.6 is 11.6 Å². The van der Waals surface area contributed by atoms with Crippen molar-refractivity contribution in [2.75, 3.05) is 12.5 Å². The monoisotopic (exact) mass is 286 g/mol. The van der Waals surface area contributed by atoms with Gasteiger partial charge in [-0.15, -0.1) is 0 Å². The Balaban J connectivity index is 3.30. The van der Waals surface area contributed by atoms with Gasteiger partial charge in [0.15, 0.2) is 0 Å². The average Bonchev–Trinajstić information content (AvgIpc) is 2.25. The van der Waals surface area contributed by atoms with Crippen molar-refractivity contribution in [1.82, 2.24) is 0 Å². The van der Waals surface area contributed by atoms with Crippen LogP contribution in [0.3, 0.4) is 0 Å². The van der Waals surface area contributed by atoms with Crippen molar-refractivity contribution in [1.29, 1.82) is 0 Å². The molecule has 0 aliphatic rings. The highest BCUT2D eigenvalue weighted by Gasteiger charge is 2.32. The molecule has 0 aliphatic heterocycles. The summed E-state index contributed by atoms with van der Waals surface area (Å²) in [5.74, 6) is -0.150. The Morgan fingerprint density at radius 2 is 2.12 bits per heavy atom. The average molecular weight is 287 g/mol. The first-order valence-corrected chi connectivity index (χ1v) is 5.17. The van der Waals surface area contributed by atoms with E-state index in [1.54, 1.807) is 0 Å². The number of halogens is 4. The molecule has 0 unspecified atom stereocenters. The van der Waals surface area contributed by atoms with E-state index in [1.165, 1.54) is 7.11 Å². The van der Waals surface area contributed by atoms with E-state index < -0.39 is 11.7 Å². The molecule has 1 aromatic carbocycles. The lowest BCUT2D eigenvalue weighted by atomic mass is 10.2. The van der Waals surface area contributed by atoms with Crippen molar-refractivity contribution in [3.63, 3.8) is 0 Å². The summed E-state index contributed by atoms with van der Waals surface area (Å²) in [6.45, 7) is 0. The standard InChI is InChI=1S/C8H6ClF3N2O2S/c1-16-6-3-4(8(10,11)12)2-5(9)7(6)13-14-17-15/h2-3,13H,1H3. The van der Waals surface area contributed by atoms with Crippen LogP contribution in [0.1, 0.15) is 5.56 Å². The van der Waals surface area contributed by atoms with Crippen LogP contribution in [0.4, 0.5) is 18.9 Å². The Hall–Kier alpha value is -1.28. The summed E-state index contributed by atoms with van der Waals surface area (Å²) in [4.78, 5) is 0. The molecule has 0 amide bonds. The lowest BCUT2D eigenvalue weighted by Crippen LogP contribution is -2.06. The van der Waals surface area contributed by atoms with E-state index >= 15 is 0 Å². The summed E-state index contributed by atoms with van der Waals surface area (Å²) in [5, 5.41) is -0.241. The molecular weight excluding hydrogens is 281 g/mol. The molecule has 1 rings (SSSR count). The maximum absolute atomic E-state index is 12.5. The van der Waals surface area contributed by atoms with Gasteiger partial charge in [0.2, 0.25) is 11.5 Å². The van der Waals surface area contributed by atoms with Gasteiger partial charge in [0.05, 0.1) is 17.7 Å². The second-order valence-corrected chi connectivity index (χ2v) is 3.55. The number of methoxy groups -OCH3 is 1. The SMILES string of the molecule is COc1cc(C(F)(F)F)cc(Cl)c1NN=S=O. The molecule has 94 valence electrons. The summed E-state index contributed by atoms with van der Waals surface area (Å²) in [6, 6.07) is 1.48. The summed E-state index contributed by atoms with van der Waals surface area (Å²) >= 11 is 5.50. The van der Waals surface area contributed by atoms with Gasteiger partial charge in [0, 0.05) is 0 Å². The van der Waals surface area contributed by atoms with Crippen LogP contribution in [0.2, 0.25) is 5.02 Å². The zero-order chi connectivity index (χ0) is 13.1. The minimum atomic E-state index is -4.53. The predicted molar refractivity (Wildman–Crippen MR) is 57.2 cm³/mol. The Labute approximate surface area is 103 Å². The maximum Gasteiger partial charge on any atom is 0.416 e. The number of hydrogen-bond donors (Lipinski definition) is 1. The van der Waals surface area contributed by atoms with Gasteiger partial charge >= 0.3 is 6.18 Å². The Bertz CT molecular complexity index is 475. The van der Waals surface area contributed by atoms with E-state index in [4.69, 9.17) is 16.3 Å². The normalized spacial score (nSPS) is 10.9. The Morgan fingerprint density at radius 1 is 1.47 bits per heavy atom. The van der Waals surface area contributed by atoms with E-state index in [2.05, 4.69) is 9.90 Å². The van der Waals surface area contributed by atoms with Crippen molar-refractivity contribution in [3.05, 3.63) is 22.7 Å². The molecule has 4 nitrogen and oxygen atoms in total. The van der Waals surface area contributed by atoms with Gasteiger partial charge in [-0.25, -0.2) is 0 Å². The first-order chi connectivity index (χ1) is 7.90. The van der Waals surface area contributed by atoms with Crippen molar-refractivity contribution >= 4 is 28.8 Å². The van der Waals surface area contributed by atoms with Crippen LogP contribution in [0, 0.1) is 0 Å². The minimum Gasteiger partial charge on any atom is -0.494 e. The molecule has 1 N–H and O–H groups in total. The highest BCUT2D eigenvalue weighted by Crippen LogP contribution is 2.39. The summed E-state index contributed by atoms with van der Waals surface area (Å²) < 4.78 is 55.3. The third-order valence-corrected chi connectivity index (χ3v) is 2.26. The van der Waals surface area contributed by atoms with E-state index in [9.17, 15) is 17.4 Å². The van der Waals surface area contributed by atoms with E-state index in [0.717, 1.165) is 12.1 Å². The van der Waals surface area contributed by atoms with Crippen molar-refractivity contribution in [2.24, 2.45) is 4.47 Å². The molecular formula is C8H6ClF3N2O2S. The van der Waals surface area contributed by atoms with E-state index in [0.29, 0.717) is 0 Å². The topological polar surface area (TPSA) is 50.7 Å². The highest BCUT2D eigenvalue weighted by atomic mass is 35.5. The van der Waals surface area contributed by atoms with Gasteiger partial charge in [-0.05, 0) is 12.1 Å². The van der Waals surface area contributed by atoms with E-state index in [-0.39, 0.29) is 27.9 Å². The van der Waals surface area contributed by atoms with Crippen LogP contribution in [0.25, 0.3) is 0 Å². The number of alkyl halides is 3. The van der Waals surface area contributed by atoms with Gasteiger partial charge in [-0.2, -0.15) is 17.4 Å². The van der Waals surface area contributed by atoms with Crippen LogP contribution in [0.15, 0.2) is 16.6 Å². The molecule has 0 aromatic heterocycles. The van der Waals surface area contributed by atoms with E-state index in [1.807, 2.05) is 0 Å². The summed E-state index contributed by atoms with van der Waals surface area (Å²) in [5.41, 5.74) is 1.27. The maximum atomic E-state index is 12.5. The smallest absolute Gasteiger partial charge is 0.416 e. The second-order valence-electron chi connectivity index (χ2n) is 2.81. The number of benzene rings is 1. The molecule has 0 aliphatic carbocycles. The number of nitrogens with one attached hydrogen (secondary N) is 1. The van der Waals surface area contributed by atoms with Gasteiger partial charge < -0.3 is 4.74 Å². The van der Waals surface area contributed by atoms with Gasteiger partial charge in [0.25, 0.3) is 0 Å². The van der Waals surface area contributed by atoms with Crippen LogP contribution in [0.5, 0.6) is 5.75 Å². The number of rotatable bonds is 3. The fourth-order valence-corrected chi connectivity index (χ4v) is 1.46. The van der Waals surface area contributed by atoms with Crippen LogP contribution < -0.4 is 10.2 Å². The van der Waals surface area contributed by atoms with Crippen LogP contribution in [-0.2, 0) is 17.6 Å². The van der Waals surface area contributed by atoms with Crippen molar-refractivity contribution < 1.29 is 22.1 Å². The second kappa shape index (κ2) is 5.37. The number of hydrogen-bond acceptors (Lipinski definition) is 3. The molecule has 0 fully saturated rings. The third kappa shape index (κ3) is 3.34. The fraction of sp³-hybridized carbons (Fsp3) is 0.250. The molecule has 0 heterocycles. The predicted octanol–water partition coefficient (Wildman–Crippen LogP) is 3.09. The van der Waals surface area contributed by atoms with Gasteiger partial charge in [-0.1, -0.05) is 16.1 Å². The molecule has 0 spiro atoms. The Morgan fingerprint density at radius 3 is 2.59 bits per heavy atom. The van der Waals surface area contributed by atoms with Crippen molar-refractivity contribution in [2.45, 2.75) is 6.18 Å². The lowest BCUT2D eigenvalue weighted by Gasteiger charge is -2.13. The number of nitrogens with zero attached hydrogens (tertiary/aromatic N) is 1. The first-order valence-electron chi connectivity index (χ1n) is 4.10. The highest BCUT2D eigenvalue weighted by molar-refractivity contribution is 7.54. The Kier molecular flexibility index (Phi) is 4.35. The molecule has 17 heavy (non-hydrogen) atoms. The molecule has 0 bridgehead atoms. The molecule has 9 heteroatoms. The quantitative estimate of drug-likeness (QED) is 0.869. The molecule has 1 aromatic rings. The lowest BCUT2D eigenvalue weighted by molar-refractivity contribution is -0.137. The summed E-state index contributed by atoms with van der Waals surface area (Å²) in [6.07, 6.45) is -4.53. The largest absolute Gasteiger partial charge is 0.494 e. The van der Waals surface area contributed by atoms with Crippen LogP contribution in [-0.4, -0.2) is 11.3 Å². The molecule has 0 saturated carbocycles. The van der Waals surface area contributed by atoms with Crippen molar-refractivity contribution in [3.8, 4) is 5.75 Å². The first kappa shape index (κ1) is 13.8. The van der Waals surface area contributed by atoms with Gasteiger partial charge in [-0.3, -0.25) is 5.43 Å². The third-order valence-electron chi connectivity index (χ3n) is 1.80. The number of ether oxygens (including phenoxy) is 1. The molecule has 0 radical (unpaired) electrons. The zero-order valence-corrected chi connectivity index (χ0v) is 9.91. The number of anilines is 1.